The van der Waals surface area contributed by atoms with Gasteiger partial charge in [0.2, 0.25) is 5.91 Å². The zero-order valence-electron chi connectivity index (χ0n) is 22.6. The molecule has 41 heavy (non-hydrogen) atoms. The van der Waals surface area contributed by atoms with Crippen LogP contribution in [-0.2, 0) is 11.2 Å². The van der Waals surface area contributed by atoms with Crippen LogP contribution in [0.5, 0.6) is 0 Å². The monoisotopic (exact) mass is 557 g/mol. The molecule has 4 aromatic carbocycles. The standard InChI is InChI=1S/C35H31N3O2S/c39-34(19-23-7-2-1-3-8-23)38-18-6-10-32(38)35(40)36-27-15-12-24(13-16-27)31-21-26-20-25(14-17-30(26)37-31)29-22-41-33-11-5-4-9-28(29)33/h1-5,7-9,11-17,20-22,32,34,37,39H,6,10,18-19H2,(H,36,40)/t32-,34?/m0/s1. The molecule has 7 rings (SSSR count). The Balaban J connectivity index is 1.05. The summed E-state index contributed by atoms with van der Waals surface area (Å²) >= 11 is 1.78. The third-order valence-corrected chi connectivity index (χ3v) is 9.08. The highest BCUT2D eigenvalue weighted by Crippen LogP contribution is 2.36. The number of fused-ring (bicyclic) bond motifs is 2. The Hall–Kier alpha value is -4.23. The van der Waals surface area contributed by atoms with Crippen LogP contribution in [0.15, 0.2) is 109 Å². The number of aliphatic hydroxyl groups excluding tert-OH is 1. The van der Waals surface area contributed by atoms with E-state index in [1.165, 1.54) is 26.6 Å². The Labute approximate surface area is 243 Å². The largest absolute Gasteiger partial charge is 0.378 e. The third-order valence-electron chi connectivity index (χ3n) is 8.12. The van der Waals surface area contributed by atoms with Crippen LogP contribution in [0, 0.1) is 0 Å². The molecule has 0 bridgehead atoms. The summed E-state index contributed by atoms with van der Waals surface area (Å²) in [6.45, 7) is 0.718. The number of aliphatic hydroxyl groups is 1. The molecule has 1 aliphatic rings. The van der Waals surface area contributed by atoms with Crippen molar-refractivity contribution < 1.29 is 9.90 Å². The van der Waals surface area contributed by atoms with E-state index in [4.69, 9.17) is 0 Å². The highest BCUT2D eigenvalue weighted by atomic mass is 32.1. The molecule has 1 fully saturated rings. The van der Waals surface area contributed by atoms with Crippen molar-refractivity contribution in [1.29, 1.82) is 0 Å². The van der Waals surface area contributed by atoms with Crippen LogP contribution in [0.25, 0.3) is 43.4 Å². The fourth-order valence-electron chi connectivity index (χ4n) is 5.99. The first kappa shape index (κ1) is 25.7. The van der Waals surface area contributed by atoms with E-state index in [1.807, 2.05) is 59.5 Å². The Morgan fingerprint density at radius 3 is 2.59 bits per heavy atom. The molecule has 6 heteroatoms. The van der Waals surface area contributed by atoms with Crippen LogP contribution in [0.4, 0.5) is 5.69 Å². The van der Waals surface area contributed by atoms with Gasteiger partial charge in [0.15, 0.2) is 0 Å². The topological polar surface area (TPSA) is 68.4 Å². The van der Waals surface area contributed by atoms with Gasteiger partial charge in [0.25, 0.3) is 0 Å². The van der Waals surface area contributed by atoms with Crippen LogP contribution >= 0.6 is 11.3 Å². The number of carbonyl (C=O) groups excluding carboxylic acids is 1. The summed E-state index contributed by atoms with van der Waals surface area (Å²) in [6.07, 6.45) is 1.47. The predicted molar refractivity (Wildman–Crippen MR) is 169 cm³/mol. The predicted octanol–water partition coefficient (Wildman–Crippen LogP) is 7.68. The SMILES string of the molecule is O=C(Nc1ccc(-c2cc3cc(-c4csc5ccccc45)ccc3[nH]2)cc1)[C@@H]1CCCN1C(O)Cc1ccccc1. The van der Waals surface area contributed by atoms with Gasteiger partial charge < -0.3 is 15.4 Å². The number of anilines is 1. The zero-order valence-corrected chi connectivity index (χ0v) is 23.4. The molecular formula is C35H31N3O2S. The average Bonchev–Trinajstić information content (AvgIpc) is 3.76. The van der Waals surface area contributed by atoms with Gasteiger partial charge in [-0.1, -0.05) is 66.7 Å². The van der Waals surface area contributed by atoms with Crippen LogP contribution in [-0.4, -0.2) is 39.7 Å². The molecule has 0 aliphatic carbocycles. The van der Waals surface area contributed by atoms with Gasteiger partial charge in [-0.2, -0.15) is 0 Å². The van der Waals surface area contributed by atoms with Gasteiger partial charge in [-0.3, -0.25) is 9.69 Å². The van der Waals surface area contributed by atoms with Crippen LogP contribution < -0.4 is 5.32 Å². The first-order chi connectivity index (χ1) is 20.1. The highest BCUT2D eigenvalue weighted by Gasteiger charge is 2.34. The Bertz CT molecular complexity index is 1820. The molecule has 0 saturated carbocycles. The van der Waals surface area contributed by atoms with E-state index < -0.39 is 6.23 Å². The number of nitrogens with one attached hydrogen (secondary N) is 2. The molecule has 2 aromatic heterocycles. The van der Waals surface area contributed by atoms with E-state index in [0.717, 1.165) is 47.4 Å². The zero-order chi connectivity index (χ0) is 27.8. The van der Waals surface area contributed by atoms with Gasteiger partial charge in [-0.05, 0) is 71.3 Å². The number of nitrogens with zero attached hydrogens (tertiary/aromatic N) is 1. The summed E-state index contributed by atoms with van der Waals surface area (Å²) in [4.78, 5) is 18.7. The molecule has 3 heterocycles. The van der Waals surface area contributed by atoms with Crippen molar-refractivity contribution in [2.45, 2.75) is 31.5 Å². The van der Waals surface area contributed by atoms with Crippen molar-refractivity contribution in [3.8, 4) is 22.4 Å². The number of aromatic nitrogens is 1. The first-order valence-electron chi connectivity index (χ1n) is 14.1. The summed E-state index contributed by atoms with van der Waals surface area (Å²) in [5.74, 6) is -0.0681. The van der Waals surface area contributed by atoms with Gasteiger partial charge in [-0.15, -0.1) is 11.3 Å². The molecule has 1 aliphatic heterocycles. The van der Waals surface area contributed by atoms with Crippen LogP contribution in [0.2, 0.25) is 0 Å². The van der Waals surface area contributed by atoms with E-state index in [9.17, 15) is 9.90 Å². The van der Waals surface area contributed by atoms with Gasteiger partial charge in [0.05, 0.1) is 6.04 Å². The fraction of sp³-hybridized carbons (Fsp3) is 0.171. The average molecular weight is 558 g/mol. The van der Waals surface area contributed by atoms with Crippen molar-refractivity contribution in [3.63, 3.8) is 0 Å². The molecule has 6 aromatic rings. The van der Waals surface area contributed by atoms with Crippen LogP contribution in [0.1, 0.15) is 18.4 Å². The minimum atomic E-state index is -0.681. The maximum Gasteiger partial charge on any atom is 0.241 e. The number of amides is 1. The van der Waals surface area contributed by atoms with E-state index >= 15 is 0 Å². The second-order valence-corrected chi connectivity index (χ2v) is 11.7. The number of carbonyl (C=O) groups is 1. The lowest BCUT2D eigenvalue weighted by atomic mass is 10.0. The molecule has 0 spiro atoms. The highest BCUT2D eigenvalue weighted by molar-refractivity contribution is 7.17. The van der Waals surface area contributed by atoms with Crippen molar-refractivity contribution in [2.24, 2.45) is 0 Å². The van der Waals surface area contributed by atoms with Gasteiger partial charge >= 0.3 is 0 Å². The maximum atomic E-state index is 13.2. The molecule has 2 atom stereocenters. The lowest BCUT2D eigenvalue weighted by Crippen LogP contribution is -2.46. The Morgan fingerprint density at radius 2 is 1.73 bits per heavy atom. The smallest absolute Gasteiger partial charge is 0.241 e. The lowest BCUT2D eigenvalue weighted by Gasteiger charge is -2.28. The maximum absolute atomic E-state index is 13.2. The fourth-order valence-corrected chi connectivity index (χ4v) is 6.96. The lowest BCUT2D eigenvalue weighted by molar-refractivity contribution is -0.124. The quantitative estimate of drug-likeness (QED) is 0.189. The molecular weight excluding hydrogens is 526 g/mol. The number of rotatable bonds is 7. The summed E-state index contributed by atoms with van der Waals surface area (Å²) in [7, 11) is 0. The number of aromatic amines is 1. The summed E-state index contributed by atoms with van der Waals surface area (Å²) in [5, 5.41) is 18.6. The number of likely N-dealkylation sites (tertiary alicyclic amines) is 1. The number of hydrogen-bond acceptors (Lipinski definition) is 4. The summed E-state index contributed by atoms with van der Waals surface area (Å²) < 4.78 is 1.30. The van der Waals surface area contributed by atoms with E-state index in [1.54, 1.807) is 11.3 Å². The molecule has 1 unspecified atom stereocenters. The molecule has 0 radical (unpaired) electrons. The van der Waals surface area contributed by atoms with Crippen molar-refractivity contribution in [2.75, 3.05) is 11.9 Å². The minimum Gasteiger partial charge on any atom is -0.378 e. The number of thiophene rings is 1. The minimum absolute atomic E-state index is 0.0681. The molecule has 3 N–H and O–H groups in total. The molecule has 5 nitrogen and oxygen atoms in total. The van der Waals surface area contributed by atoms with E-state index in [0.29, 0.717) is 6.42 Å². The normalized spacial score (nSPS) is 16.4. The Kier molecular flexibility index (Phi) is 6.88. The van der Waals surface area contributed by atoms with Gasteiger partial charge in [0.1, 0.15) is 6.23 Å². The molecule has 1 saturated heterocycles. The number of H-pyrrole nitrogens is 1. The third kappa shape index (κ3) is 5.18. The van der Waals surface area contributed by atoms with E-state index in [-0.39, 0.29) is 11.9 Å². The van der Waals surface area contributed by atoms with Gasteiger partial charge in [0, 0.05) is 50.9 Å². The van der Waals surface area contributed by atoms with Crippen molar-refractivity contribution >= 4 is 43.9 Å². The van der Waals surface area contributed by atoms with Crippen LogP contribution in [0.3, 0.4) is 0 Å². The number of hydrogen-bond donors (Lipinski definition) is 3. The first-order valence-corrected chi connectivity index (χ1v) is 15.0. The second kappa shape index (κ2) is 11.0. The molecule has 1 amide bonds. The molecule has 204 valence electrons. The Morgan fingerprint density at radius 1 is 0.951 bits per heavy atom. The second-order valence-electron chi connectivity index (χ2n) is 10.8. The van der Waals surface area contributed by atoms with E-state index in [2.05, 4.69) is 64.2 Å². The number of benzene rings is 4. The van der Waals surface area contributed by atoms with Gasteiger partial charge in [-0.25, -0.2) is 0 Å². The summed E-state index contributed by atoms with van der Waals surface area (Å²) in [6, 6.07) is 34.8. The summed E-state index contributed by atoms with van der Waals surface area (Å²) in [5.41, 5.74) is 7.49. The van der Waals surface area contributed by atoms with Crippen molar-refractivity contribution in [3.05, 3.63) is 114 Å². The van der Waals surface area contributed by atoms with Crippen molar-refractivity contribution in [1.82, 2.24) is 9.88 Å².